The van der Waals surface area contributed by atoms with E-state index in [2.05, 4.69) is 0 Å². The van der Waals surface area contributed by atoms with Gasteiger partial charge in [-0.3, -0.25) is 4.79 Å². The lowest BCUT2D eigenvalue weighted by atomic mass is 10.1. The standard InChI is InChI=1S/C15H22ClNO/c1-12(2)17(10-4-9-16)15(18)11-14-7-5-13(3)6-8-14/h5-8,12H,4,9-11H2,1-3H3. The van der Waals surface area contributed by atoms with Crippen LogP contribution < -0.4 is 0 Å². The molecule has 0 saturated heterocycles. The third-order valence-corrected chi connectivity index (χ3v) is 3.22. The van der Waals surface area contributed by atoms with Crippen molar-refractivity contribution in [3.63, 3.8) is 0 Å². The fraction of sp³-hybridized carbons (Fsp3) is 0.533. The van der Waals surface area contributed by atoms with E-state index in [0.29, 0.717) is 12.3 Å². The number of carbonyl (C=O) groups excluding carboxylic acids is 1. The second kappa shape index (κ2) is 7.42. The molecule has 0 aliphatic carbocycles. The number of alkyl halides is 1. The second-order valence-corrected chi connectivity index (χ2v) is 5.26. The largest absolute Gasteiger partial charge is 0.340 e. The highest BCUT2D eigenvalue weighted by atomic mass is 35.5. The van der Waals surface area contributed by atoms with Crippen molar-refractivity contribution in [2.75, 3.05) is 12.4 Å². The summed E-state index contributed by atoms with van der Waals surface area (Å²) in [6, 6.07) is 8.36. The fourth-order valence-corrected chi connectivity index (χ4v) is 2.00. The molecule has 0 bridgehead atoms. The molecular formula is C15H22ClNO. The maximum Gasteiger partial charge on any atom is 0.227 e. The average Bonchev–Trinajstić information content (AvgIpc) is 2.32. The van der Waals surface area contributed by atoms with E-state index in [4.69, 9.17) is 11.6 Å². The van der Waals surface area contributed by atoms with Crippen LogP contribution in [0.15, 0.2) is 24.3 Å². The molecule has 0 fully saturated rings. The maximum absolute atomic E-state index is 12.2. The van der Waals surface area contributed by atoms with Crippen molar-refractivity contribution < 1.29 is 4.79 Å². The zero-order valence-electron chi connectivity index (χ0n) is 11.4. The van der Waals surface area contributed by atoms with Gasteiger partial charge in [0.05, 0.1) is 6.42 Å². The molecule has 1 rings (SSSR count). The molecule has 1 amide bonds. The highest BCUT2D eigenvalue weighted by Crippen LogP contribution is 2.09. The summed E-state index contributed by atoms with van der Waals surface area (Å²) in [5.74, 6) is 0.778. The summed E-state index contributed by atoms with van der Waals surface area (Å²) >= 11 is 5.69. The molecule has 0 unspecified atom stereocenters. The Bertz CT molecular complexity index is 373. The maximum atomic E-state index is 12.2. The van der Waals surface area contributed by atoms with Crippen LogP contribution in [0.5, 0.6) is 0 Å². The first kappa shape index (κ1) is 15.0. The first-order valence-corrected chi connectivity index (χ1v) is 6.99. The molecule has 1 aromatic carbocycles. The van der Waals surface area contributed by atoms with Gasteiger partial charge in [-0.2, -0.15) is 0 Å². The topological polar surface area (TPSA) is 20.3 Å². The molecule has 0 spiro atoms. The van der Waals surface area contributed by atoms with Crippen molar-refractivity contribution in [2.24, 2.45) is 0 Å². The zero-order valence-corrected chi connectivity index (χ0v) is 12.2. The summed E-state index contributed by atoms with van der Waals surface area (Å²) in [4.78, 5) is 14.1. The van der Waals surface area contributed by atoms with Crippen LogP contribution in [0.2, 0.25) is 0 Å². The summed E-state index contributed by atoms with van der Waals surface area (Å²) in [6.45, 7) is 6.88. The Morgan fingerprint density at radius 3 is 2.39 bits per heavy atom. The Balaban J connectivity index is 2.63. The molecule has 0 atom stereocenters. The molecule has 3 heteroatoms. The molecule has 0 N–H and O–H groups in total. The van der Waals surface area contributed by atoms with E-state index in [9.17, 15) is 4.79 Å². The number of carbonyl (C=O) groups is 1. The Morgan fingerprint density at radius 1 is 1.28 bits per heavy atom. The lowest BCUT2D eigenvalue weighted by Gasteiger charge is -2.26. The van der Waals surface area contributed by atoms with Gasteiger partial charge in [0.15, 0.2) is 0 Å². The van der Waals surface area contributed by atoms with Gasteiger partial charge in [0, 0.05) is 18.5 Å². The van der Waals surface area contributed by atoms with Crippen LogP contribution in [-0.4, -0.2) is 29.3 Å². The van der Waals surface area contributed by atoms with Gasteiger partial charge in [0.1, 0.15) is 0 Å². The molecular weight excluding hydrogens is 246 g/mol. The summed E-state index contributed by atoms with van der Waals surface area (Å²) in [6.07, 6.45) is 1.32. The minimum atomic E-state index is 0.180. The van der Waals surface area contributed by atoms with Gasteiger partial charge >= 0.3 is 0 Å². The highest BCUT2D eigenvalue weighted by Gasteiger charge is 2.16. The first-order valence-electron chi connectivity index (χ1n) is 6.45. The predicted molar refractivity (Wildman–Crippen MR) is 77.1 cm³/mol. The van der Waals surface area contributed by atoms with Gasteiger partial charge in [0.25, 0.3) is 0 Å². The zero-order chi connectivity index (χ0) is 13.5. The van der Waals surface area contributed by atoms with E-state index in [-0.39, 0.29) is 11.9 Å². The predicted octanol–water partition coefficient (Wildman–Crippen LogP) is 3.40. The van der Waals surface area contributed by atoms with Gasteiger partial charge in [-0.25, -0.2) is 0 Å². The lowest BCUT2D eigenvalue weighted by Crippen LogP contribution is -2.38. The van der Waals surface area contributed by atoms with Crippen LogP contribution in [-0.2, 0) is 11.2 Å². The molecule has 2 nitrogen and oxygen atoms in total. The van der Waals surface area contributed by atoms with Gasteiger partial charge in [-0.1, -0.05) is 29.8 Å². The number of benzene rings is 1. The summed E-state index contributed by atoms with van der Waals surface area (Å²) < 4.78 is 0. The van der Waals surface area contributed by atoms with E-state index in [0.717, 1.165) is 18.5 Å². The summed E-state index contributed by atoms with van der Waals surface area (Å²) in [5.41, 5.74) is 2.29. The van der Waals surface area contributed by atoms with Gasteiger partial charge in [0.2, 0.25) is 5.91 Å². The van der Waals surface area contributed by atoms with Crippen molar-refractivity contribution in [1.82, 2.24) is 4.90 Å². The number of hydrogen-bond donors (Lipinski definition) is 0. The van der Waals surface area contributed by atoms with E-state index in [1.807, 2.05) is 49.9 Å². The van der Waals surface area contributed by atoms with Crippen LogP contribution in [0.4, 0.5) is 0 Å². The number of aryl methyl sites for hydroxylation is 1. The third kappa shape index (κ3) is 4.69. The van der Waals surface area contributed by atoms with Gasteiger partial charge < -0.3 is 4.90 Å². The molecule has 0 saturated carbocycles. The number of nitrogens with zero attached hydrogens (tertiary/aromatic N) is 1. The van der Waals surface area contributed by atoms with E-state index in [1.165, 1.54) is 5.56 Å². The molecule has 0 aromatic heterocycles. The number of rotatable bonds is 6. The molecule has 0 radical (unpaired) electrons. The van der Waals surface area contributed by atoms with Crippen LogP contribution in [0.25, 0.3) is 0 Å². The smallest absolute Gasteiger partial charge is 0.227 e. The Morgan fingerprint density at radius 2 is 1.89 bits per heavy atom. The molecule has 18 heavy (non-hydrogen) atoms. The normalized spacial score (nSPS) is 10.7. The SMILES string of the molecule is Cc1ccc(CC(=O)N(CCCCl)C(C)C)cc1. The van der Waals surface area contributed by atoms with Crippen LogP contribution >= 0.6 is 11.6 Å². The molecule has 1 aromatic rings. The Kier molecular flexibility index (Phi) is 6.20. The van der Waals surface area contributed by atoms with E-state index in [1.54, 1.807) is 0 Å². The summed E-state index contributed by atoms with van der Waals surface area (Å²) in [7, 11) is 0. The van der Waals surface area contributed by atoms with Crippen molar-refractivity contribution in [3.05, 3.63) is 35.4 Å². The average molecular weight is 268 g/mol. The molecule has 0 aliphatic heterocycles. The fourth-order valence-electron chi connectivity index (χ4n) is 1.88. The van der Waals surface area contributed by atoms with Crippen molar-refractivity contribution in [3.8, 4) is 0 Å². The van der Waals surface area contributed by atoms with Crippen LogP contribution in [0, 0.1) is 6.92 Å². The Labute approximate surface area is 115 Å². The number of amides is 1. The highest BCUT2D eigenvalue weighted by molar-refractivity contribution is 6.17. The molecule has 100 valence electrons. The van der Waals surface area contributed by atoms with Gasteiger partial charge in [-0.15, -0.1) is 11.6 Å². The van der Waals surface area contributed by atoms with Crippen LogP contribution in [0.1, 0.15) is 31.4 Å². The molecule has 0 heterocycles. The number of halogens is 1. The van der Waals surface area contributed by atoms with Gasteiger partial charge in [-0.05, 0) is 32.8 Å². The Hall–Kier alpha value is -1.02. The molecule has 0 aliphatic rings. The van der Waals surface area contributed by atoms with E-state index < -0.39 is 0 Å². The quantitative estimate of drug-likeness (QED) is 0.724. The third-order valence-electron chi connectivity index (χ3n) is 2.95. The van der Waals surface area contributed by atoms with Crippen molar-refractivity contribution in [2.45, 2.75) is 39.7 Å². The minimum Gasteiger partial charge on any atom is -0.340 e. The second-order valence-electron chi connectivity index (χ2n) is 4.89. The number of hydrogen-bond acceptors (Lipinski definition) is 1. The summed E-state index contributed by atoms with van der Waals surface area (Å²) in [5, 5.41) is 0. The minimum absolute atomic E-state index is 0.180. The van der Waals surface area contributed by atoms with E-state index >= 15 is 0 Å². The van der Waals surface area contributed by atoms with Crippen molar-refractivity contribution >= 4 is 17.5 Å². The lowest BCUT2D eigenvalue weighted by molar-refractivity contribution is -0.132. The monoisotopic (exact) mass is 267 g/mol. The first-order chi connectivity index (χ1) is 8.54. The van der Waals surface area contributed by atoms with Crippen molar-refractivity contribution in [1.29, 1.82) is 0 Å². The van der Waals surface area contributed by atoms with Crippen LogP contribution in [0.3, 0.4) is 0 Å².